The summed E-state index contributed by atoms with van der Waals surface area (Å²) in [5.41, 5.74) is 0. The Hall–Kier alpha value is -0.246. The molecule has 0 spiro atoms. The first-order valence-corrected chi connectivity index (χ1v) is 18.7. The Morgan fingerprint density at radius 1 is 0.375 bits per heavy atom. The third-order valence-corrected chi connectivity index (χ3v) is 13.3. The van der Waals surface area contributed by atoms with Crippen LogP contribution in [0.2, 0.25) is 37.3 Å². The largest absolute Gasteiger partial charge is 0.388 e. The number of alkyl halides is 18. The second-order valence-electron chi connectivity index (χ2n) is 9.76. The van der Waals surface area contributed by atoms with Crippen LogP contribution in [-0.4, -0.2) is 62.7 Å². The fourth-order valence-electron chi connectivity index (χ4n) is 3.06. The van der Waals surface area contributed by atoms with Gasteiger partial charge < -0.3 is 0 Å². The Morgan fingerprint density at radius 3 is 0.775 bits per heavy atom. The maximum absolute atomic E-state index is 14.0. The highest BCUT2D eigenvalue weighted by atomic mass is 35.6. The summed E-state index contributed by atoms with van der Waals surface area (Å²) in [6, 6.07) is -5.28. The summed E-state index contributed by atoms with van der Waals surface area (Å²) in [6.45, 7) is 1.41. The molecule has 40 heavy (non-hydrogen) atoms. The maximum atomic E-state index is 14.0. The molecule has 2 atom stereocenters. The molecule has 0 aliphatic heterocycles. The van der Waals surface area contributed by atoms with Crippen LogP contribution in [0, 0.1) is 0 Å². The van der Waals surface area contributed by atoms with Crippen molar-refractivity contribution in [2.24, 2.45) is 0 Å². The fourth-order valence-corrected chi connectivity index (χ4v) is 7.97. The van der Waals surface area contributed by atoms with Gasteiger partial charge >= 0.3 is 47.9 Å². The van der Waals surface area contributed by atoms with Crippen LogP contribution in [0.4, 0.5) is 79.0 Å². The highest BCUT2D eigenvalue weighted by Crippen LogP contribution is 2.61. The first-order valence-electron chi connectivity index (χ1n) is 10.9. The zero-order valence-electron chi connectivity index (χ0n) is 20.2. The van der Waals surface area contributed by atoms with Crippen LogP contribution in [-0.2, 0) is 0 Å². The third-order valence-electron chi connectivity index (χ3n) is 5.88. The van der Waals surface area contributed by atoms with Crippen LogP contribution in [0.3, 0.4) is 0 Å². The van der Waals surface area contributed by atoms with Gasteiger partial charge in [0.15, 0.2) is 14.8 Å². The summed E-state index contributed by atoms with van der Waals surface area (Å²) in [4.78, 5) is 0. The van der Waals surface area contributed by atoms with Crippen molar-refractivity contribution in [1.29, 1.82) is 0 Å². The summed E-state index contributed by atoms with van der Waals surface area (Å²) in [5, 5.41) is 0. The number of halogens is 20. The van der Waals surface area contributed by atoms with Crippen LogP contribution >= 0.6 is 22.2 Å². The van der Waals surface area contributed by atoms with Crippen LogP contribution in [0.5, 0.6) is 0 Å². The lowest BCUT2D eigenvalue weighted by molar-refractivity contribution is -0.425. The van der Waals surface area contributed by atoms with Crippen molar-refractivity contribution in [3.8, 4) is 0 Å². The molecular weight excluding hydrogens is 685 g/mol. The van der Waals surface area contributed by atoms with Crippen LogP contribution < -0.4 is 0 Å². The van der Waals surface area contributed by atoms with Gasteiger partial charge in [0.25, 0.3) is 0 Å². The van der Waals surface area contributed by atoms with Gasteiger partial charge in [-0.1, -0.05) is 13.1 Å². The van der Waals surface area contributed by atoms with Crippen LogP contribution in [0.25, 0.3) is 0 Å². The van der Waals surface area contributed by atoms with E-state index in [1.807, 2.05) is 0 Å². The molecule has 0 saturated heterocycles. The van der Waals surface area contributed by atoms with Crippen molar-refractivity contribution >= 4 is 36.9 Å². The van der Waals surface area contributed by atoms with Gasteiger partial charge in [-0.15, -0.1) is 0 Å². The first-order chi connectivity index (χ1) is 17.1. The summed E-state index contributed by atoms with van der Waals surface area (Å²) < 4.78 is 242. The molecule has 0 rings (SSSR count). The topological polar surface area (TPSA) is 0 Å². The smallest absolute Gasteiger partial charge is 0.200 e. The second-order valence-corrected chi connectivity index (χ2v) is 22.9. The van der Waals surface area contributed by atoms with Gasteiger partial charge in [0.05, 0.1) is 0 Å². The van der Waals surface area contributed by atoms with E-state index < -0.39 is 113 Å². The van der Waals surface area contributed by atoms with E-state index in [-0.39, 0.29) is 0 Å². The quantitative estimate of drug-likeness (QED) is 0.0903. The van der Waals surface area contributed by atoms with E-state index in [0.29, 0.717) is 13.1 Å². The number of hydrogen-bond acceptors (Lipinski definition) is 0. The molecule has 242 valence electrons. The van der Waals surface area contributed by atoms with E-state index in [9.17, 15) is 79.0 Å². The highest BCUT2D eigenvalue weighted by molar-refractivity contribution is 7.20. The van der Waals surface area contributed by atoms with Gasteiger partial charge in [0.1, 0.15) is 0 Å². The van der Waals surface area contributed by atoms with E-state index in [2.05, 4.69) is 0 Å². The van der Waals surface area contributed by atoms with Crippen molar-refractivity contribution in [3.05, 3.63) is 0 Å². The molecule has 2 unspecified atom stereocenters. The molecule has 0 saturated carbocycles. The number of rotatable bonds is 15. The van der Waals surface area contributed by atoms with Gasteiger partial charge in [-0.2, -0.15) is 101 Å². The van der Waals surface area contributed by atoms with E-state index in [0.717, 1.165) is 0 Å². The van der Waals surface area contributed by atoms with Gasteiger partial charge in [0, 0.05) is 25.7 Å². The molecule has 0 amide bonds. The molecular formula is C18H22Cl2F18Si2. The minimum absolute atomic E-state index is 0.707. The monoisotopic (exact) mass is 706 g/mol. The average molecular weight is 707 g/mol. The lowest BCUT2D eigenvalue weighted by atomic mass is 9.90. The molecule has 0 bridgehead atoms. The average Bonchev–Trinajstić information content (AvgIpc) is 2.72. The highest BCUT2D eigenvalue weighted by Gasteiger charge is 2.89. The van der Waals surface area contributed by atoms with E-state index in [1.165, 1.54) is 0 Å². The summed E-state index contributed by atoms with van der Waals surface area (Å²) in [5.74, 6) is -43.4. The normalized spacial score (nSPS) is 18.4. The first kappa shape index (κ1) is 39.8. The molecule has 0 aliphatic rings. The SMILES string of the molecule is C[Si](Cl)(CCC(F)(F)F)CCC(F)(F)C(F)(F)C(F)(F)C(F)(F)C(F)(F)C(F)(F)CC[Si](C)(Cl)CCC(F)(F)F. The van der Waals surface area contributed by atoms with Crippen molar-refractivity contribution in [2.45, 2.75) is 111 Å². The van der Waals surface area contributed by atoms with E-state index in [4.69, 9.17) is 22.2 Å². The van der Waals surface area contributed by atoms with Crippen molar-refractivity contribution in [1.82, 2.24) is 0 Å². The van der Waals surface area contributed by atoms with E-state index in [1.54, 1.807) is 0 Å². The Bertz CT molecular complexity index is 768. The Kier molecular flexibility index (Phi) is 12.0. The molecule has 22 heteroatoms. The van der Waals surface area contributed by atoms with Gasteiger partial charge in [-0.3, -0.25) is 0 Å². The Labute approximate surface area is 227 Å². The summed E-state index contributed by atoms with van der Waals surface area (Å²) >= 11 is 11.2. The molecule has 0 aromatic heterocycles. The molecule has 0 radical (unpaired) electrons. The van der Waals surface area contributed by atoms with Gasteiger partial charge in [-0.05, 0) is 24.2 Å². The standard InChI is InChI=1S/C18H22Cl2F18Si2/c1-39(19,9-5-13(25,26)27)7-3-11(21,22)15(31,32)17(35,36)18(37,38)16(33,34)12(23,24)4-8-40(2,20)10-6-14(28,29)30/h3-10H2,1-2H3. The zero-order valence-corrected chi connectivity index (χ0v) is 23.7. The minimum atomic E-state index is -7.88. The molecule has 0 aromatic rings. The fraction of sp³-hybridized carbons (Fsp3) is 1.00. The molecule has 0 fully saturated rings. The van der Waals surface area contributed by atoms with Crippen molar-refractivity contribution in [3.63, 3.8) is 0 Å². The van der Waals surface area contributed by atoms with Gasteiger partial charge in [0.2, 0.25) is 0 Å². The molecule has 0 aliphatic carbocycles. The molecule has 0 N–H and O–H groups in total. The lowest BCUT2D eigenvalue weighted by Crippen LogP contribution is -2.70. The second kappa shape index (κ2) is 12.0. The van der Waals surface area contributed by atoms with Crippen molar-refractivity contribution < 1.29 is 79.0 Å². The maximum Gasteiger partial charge on any atom is 0.388 e. The summed E-state index contributed by atoms with van der Waals surface area (Å²) in [7, 11) is -8.12. The predicted octanol–water partition coefficient (Wildman–Crippen LogP) is 11.1. The Morgan fingerprint density at radius 2 is 0.575 bits per heavy atom. The van der Waals surface area contributed by atoms with Gasteiger partial charge in [-0.25, -0.2) is 0 Å². The van der Waals surface area contributed by atoms with E-state index >= 15 is 0 Å². The summed E-state index contributed by atoms with van der Waals surface area (Å²) in [6.07, 6.45) is -18.4. The zero-order chi connectivity index (χ0) is 32.7. The molecule has 0 nitrogen and oxygen atoms in total. The third kappa shape index (κ3) is 9.64. The van der Waals surface area contributed by atoms with Crippen molar-refractivity contribution in [2.75, 3.05) is 0 Å². The predicted molar refractivity (Wildman–Crippen MR) is 114 cm³/mol. The van der Waals surface area contributed by atoms with Crippen LogP contribution in [0.15, 0.2) is 0 Å². The molecule has 0 heterocycles. The number of hydrogen-bond donors (Lipinski definition) is 0. The minimum Gasteiger partial charge on any atom is -0.200 e. The molecule has 0 aromatic carbocycles. The van der Waals surface area contributed by atoms with Crippen LogP contribution in [0.1, 0.15) is 25.7 Å². The Balaban J connectivity index is 5.98. The lowest BCUT2D eigenvalue weighted by Gasteiger charge is -2.42.